The van der Waals surface area contributed by atoms with Gasteiger partial charge in [0.05, 0.1) is 29.1 Å². The van der Waals surface area contributed by atoms with E-state index in [9.17, 15) is 9.18 Å². The fraction of sp³-hybridized carbons (Fsp3) is 0.379. The number of anilines is 1. The second kappa shape index (κ2) is 13.7. The molecule has 1 fully saturated rings. The van der Waals surface area contributed by atoms with Crippen LogP contribution in [0.5, 0.6) is 5.75 Å². The Morgan fingerprint density at radius 1 is 1.03 bits per heavy atom. The van der Waals surface area contributed by atoms with E-state index in [1.807, 2.05) is 30.3 Å². The van der Waals surface area contributed by atoms with Crippen LogP contribution in [0.4, 0.5) is 10.1 Å². The summed E-state index contributed by atoms with van der Waals surface area (Å²) < 4.78 is 18.2. The zero-order valence-electron chi connectivity index (χ0n) is 21.1. The Morgan fingerprint density at radius 2 is 1.82 bits per heavy atom. The second-order valence-corrected chi connectivity index (χ2v) is 9.78. The first kappa shape index (κ1) is 27.3. The van der Waals surface area contributed by atoms with Crippen LogP contribution in [-0.2, 0) is 0 Å². The van der Waals surface area contributed by atoms with Crippen molar-refractivity contribution in [2.75, 3.05) is 18.5 Å². The van der Waals surface area contributed by atoms with Gasteiger partial charge in [-0.25, -0.2) is 0 Å². The molecule has 0 unspecified atom stereocenters. The highest BCUT2D eigenvalue weighted by Gasteiger charge is 2.24. The van der Waals surface area contributed by atoms with Crippen LogP contribution in [0.25, 0.3) is 11.3 Å². The molecule has 1 amide bonds. The maximum atomic E-state index is 12.7. The first-order valence-electron chi connectivity index (χ1n) is 13.0. The highest BCUT2D eigenvalue weighted by atomic mass is 35.5. The van der Waals surface area contributed by atoms with Gasteiger partial charge in [-0.05, 0) is 81.3 Å². The lowest BCUT2D eigenvalue weighted by molar-refractivity contribution is 0.0888. The van der Waals surface area contributed by atoms with E-state index in [0.29, 0.717) is 28.5 Å². The fourth-order valence-electron chi connectivity index (χ4n) is 4.43. The lowest BCUT2D eigenvalue weighted by atomic mass is 9.92. The van der Waals surface area contributed by atoms with Crippen LogP contribution in [0.2, 0.25) is 5.02 Å². The minimum Gasteiger partial charge on any atom is -0.490 e. The van der Waals surface area contributed by atoms with Gasteiger partial charge < -0.3 is 15.4 Å². The number of hydrogen-bond donors (Lipinski definition) is 2. The summed E-state index contributed by atoms with van der Waals surface area (Å²) in [6.45, 7) is 0.550. The molecule has 1 aliphatic carbocycles. The Kier molecular flexibility index (Phi) is 9.88. The van der Waals surface area contributed by atoms with Gasteiger partial charge in [0.2, 0.25) is 0 Å². The molecule has 0 atom stereocenters. The van der Waals surface area contributed by atoms with Crippen molar-refractivity contribution < 1.29 is 13.9 Å². The molecule has 38 heavy (non-hydrogen) atoms. The van der Waals surface area contributed by atoms with Crippen LogP contribution >= 0.6 is 11.6 Å². The molecular weight excluding hydrogens is 505 g/mol. The quantitative estimate of drug-likeness (QED) is 0.278. The highest BCUT2D eigenvalue weighted by molar-refractivity contribution is 6.31. The molecule has 0 saturated heterocycles. The minimum absolute atomic E-state index is 0.0363. The van der Waals surface area contributed by atoms with E-state index in [1.165, 1.54) is 0 Å². The molecule has 1 saturated carbocycles. The fourth-order valence-corrected chi connectivity index (χ4v) is 4.64. The van der Waals surface area contributed by atoms with Gasteiger partial charge in [-0.1, -0.05) is 23.7 Å². The molecule has 2 N–H and O–H groups in total. The summed E-state index contributed by atoms with van der Waals surface area (Å²) in [5.41, 5.74) is 3.31. The minimum atomic E-state index is -0.259. The molecule has 0 bridgehead atoms. The van der Waals surface area contributed by atoms with Crippen molar-refractivity contribution in [1.82, 2.24) is 15.5 Å². The predicted octanol–water partition coefficient (Wildman–Crippen LogP) is 6.34. The van der Waals surface area contributed by atoms with Gasteiger partial charge in [0, 0.05) is 29.9 Å². The van der Waals surface area contributed by atoms with Crippen LogP contribution in [0.15, 0.2) is 54.6 Å². The van der Waals surface area contributed by atoms with Gasteiger partial charge in [0.1, 0.15) is 11.8 Å². The normalized spacial score (nSPS) is 16.9. The number of halogens is 2. The van der Waals surface area contributed by atoms with Gasteiger partial charge in [0.25, 0.3) is 5.91 Å². The number of unbranched alkanes of at least 4 members (excludes halogenated alkanes) is 2. The van der Waals surface area contributed by atoms with Crippen LogP contribution in [0, 0.1) is 11.3 Å². The van der Waals surface area contributed by atoms with E-state index in [1.54, 1.807) is 30.3 Å². The molecule has 7 nitrogen and oxygen atoms in total. The first-order valence-corrected chi connectivity index (χ1v) is 13.3. The van der Waals surface area contributed by atoms with E-state index in [4.69, 9.17) is 21.6 Å². The summed E-state index contributed by atoms with van der Waals surface area (Å²) >= 11 is 6.09. The molecule has 0 radical (unpaired) electrons. The number of nitriles is 1. The van der Waals surface area contributed by atoms with E-state index < -0.39 is 0 Å². The number of benzene rings is 2. The van der Waals surface area contributed by atoms with Crippen LogP contribution in [-0.4, -0.2) is 41.5 Å². The number of amides is 1. The molecule has 198 valence electrons. The number of alkyl halides is 1. The topological polar surface area (TPSA) is 99.9 Å². The maximum Gasteiger partial charge on any atom is 0.272 e. The molecule has 0 spiro atoms. The average Bonchev–Trinajstić information content (AvgIpc) is 2.94. The number of nitrogens with one attached hydrogen (secondary N) is 2. The van der Waals surface area contributed by atoms with Crippen molar-refractivity contribution in [2.24, 2.45) is 0 Å². The van der Waals surface area contributed by atoms with Crippen molar-refractivity contribution in [3.8, 4) is 23.1 Å². The molecule has 1 aromatic heterocycles. The summed E-state index contributed by atoms with van der Waals surface area (Å²) in [6, 6.07) is 18.5. The SMILES string of the molecule is N#Cc1ccc(OC2CCC(NC(=O)c3ccc(-c4ccc(NCCCCCF)cc4)nn3)CC2)cc1Cl. The Labute approximate surface area is 227 Å². The molecule has 2 aromatic carbocycles. The summed E-state index contributed by atoms with van der Waals surface area (Å²) in [4.78, 5) is 12.7. The van der Waals surface area contributed by atoms with Gasteiger partial charge in [0.15, 0.2) is 5.69 Å². The van der Waals surface area contributed by atoms with Crippen LogP contribution < -0.4 is 15.4 Å². The predicted molar refractivity (Wildman–Crippen MR) is 146 cm³/mol. The van der Waals surface area contributed by atoms with Gasteiger partial charge >= 0.3 is 0 Å². The summed E-state index contributed by atoms with van der Waals surface area (Å²) in [5.74, 6) is 0.410. The largest absolute Gasteiger partial charge is 0.490 e. The van der Waals surface area contributed by atoms with E-state index in [-0.39, 0.29) is 30.4 Å². The Morgan fingerprint density at radius 3 is 2.47 bits per heavy atom. The third-order valence-electron chi connectivity index (χ3n) is 6.59. The summed E-state index contributed by atoms with van der Waals surface area (Å²) in [5, 5.41) is 24.2. The van der Waals surface area contributed by atoms with Gasteiger partial charge in [-0.3, -0.25) is 9.18 Å². The number of rotatable bonds is 11. The van der Waals surface area contributed by atoms with Crippen molar-refractivity contribution in [3.63, 3.8) is 0 Å². The molecule has 0 aliphatic heterocycles. The number of carbonyl (C=O) groups excluding carboxylic acids is 1. The van der Waals surface area contributed by atoms with Crippen molar-refractivity contribution in [1.29, 1.82) is 5.26 Å². The monoisotopic (exact) mass is 535 g/mol. The van der Waals surface area contributed by atoms with Gasteiger partial charge in [-0.15, -0.1) is 10.2 Å². The number of nitrogens with zero attached hydrogens (tertiary/aromatic N) is 3. The van der Waals surface area contributed by atoms with Crippen molar-refractivity contribution in [3.05, 3.63) is 70.9 Å². The zero-order chi connectivity index (χ0) is 26.7. The second-order valence-electron chi connectivity index (χ2n) is 9.38. The van der Waals surface area contributed by atoms with Crippen molar-refractivity contribution in [2.45, 2.75) is 57.1 Å². The van der Waals surface area contributed by atoms with E-state index >= 15 is 0 Å². The molecule has 4 rings (SSSR count). The molecule has 1 heterocycles. The molecule has 9 heteroatoms. The zero-order valence-corrected chi connectivity index (χ0v) is 21.9. The molecular formula is C29H31ClFN5O2. The Hall–Kier alpha value is -3.70. The summed E-state index contributed by atoms with van der Waals surface area (Å²) in [7, 11) is 0. The number of carbonyl (C=O) groups is 1. The Bertz CT molecular complexity index is 1240. The van der Waals surface area contributed by atoms with Crippen LogP contribution in [0.3, 0.4) is 0 Å². The smallest absolute Gasteiger partial charge is 0.272 e. The lowest BCUT2D eigenvalue weighted by Gasteiger charge is -2.29. The van der Waals surface area contributed by atoms with E-state index in [2.05, 4.69) is 20.8 Å². The molecule has 3 aromatic rings. The Balaban J connectivity index is 1.22. The third-order valence-corrected chi connectivity index (χ3v) is 6.90. The van der Waals surface area contributed by atoms with Crippen LogP contribution in [0.1, 0.15) is 61.0 Å². The molecule has 1 aliphatic rings. The number of hydrogen-bond acceptors (Lipinski definition) is 6. The van der Waals surface area contributed by atoms with E-state index in [0.717, 1.165) is 56.3 Å². The number of aromatic nitrogens is 2. The van der Waals surface area contributed by atoms with Gasteiger partial charge in [-0.2, -0.15) is 5.26 Å². The average molecular weight is 536 g/mol. The number of ether oxygens (including phenoxy) is 1. The van der Waals surface area contributed by atoms with Crippen molar-refractivity contribution >= 4 is 23.2 Å². The first-order chi connectivity index (χ1) is 18.6. The lowest BCUT2D eigenvalue weighted by Crippen LogP contribution is -2.40. The standard InChI is InChI=1S/C29H31ClFN5O2/c30-26-18-25(11-6-21(26)19-32)38-24-12-9-23(10-13-24)34-29(37)28-15-14-27(35-36-28)20-4-7-22(8-5-20)33-17-3-1-2-16-31/h4-8,11,14-15,18,23-24,33H,1-3,9-10,12-13,16-17H2,(H,34,37). The highest BCUT2D eigenvalue weighted by Crippen LogP contribution is 2.27. The third kappa shape index (κ3) is 7.65. The summed E-state index contributed by atoms with van der Waals surface area (Å²) in [6.07, 6.45) is 5.65. The maximum absolute atomic E-state index is 12.7.